The molecular weight excluding hydrogens is 264 g/mol. The van der Waals surface area contributed by atoms with E-state index < -0.39 is 0 Å². The van der Waals surface area contributed by atoms with Gasteiger partial charge in [-0.15, -0.1) is 0 Å². The van der Waals surface area contributed by atoms with Gasteiger partial charge >= 0.3 is 0 Å². The van der Waals surface area contributed by atoms with Gasteiger partial charge in [0.25, 0.3) is 0 Å². The molecule has 3 aromatic carbocycles. The topological polar surface area (TPSA) is 0 Å². The summed E-state index contributed by atoms with van der Waals surface area (Å²) in [6.45, 7) is 0. The Labute approximate surface area is 131 Å². The number of benzene rings is 3. The molecule has 1 aliphatic rings. The standard InChI is InChI=1S/C22H18/c1-2-6-17(7-3-1)19-10-12-20(13-11-19)22-15-14-18-8-4-5-9-21(18)16-22/h1-15,22H,16H2. The Morgan fingerprint density at radius 3 is 2.14 bits per heavy atom. The maximum absolute atomic E-state index is 2.33. The molecule has 0 saturated carbocycles. The number of rotatable bonds is 2. The fourth-order valence-corrected chi connectivity index (χ4v) is 3.19. The van der Waals surface area contributed by atoms with Gasteiger partial charge in [-0.2, -0.15) is 0 Å². The van der Waals surface area contributed by atoms with E-state index in [-0.39, 0.29) is 0 Å². The molecule has 106 valence electrons. The minimum absolute atomic E-state index is 0.486. The quantitative estimate of drug-likeness (QED) is 0.565. The van der Waals surface area contributed by atoms with Crippen LogP contribution in [0.25, 0.3) is 17.2 Å². The molecule has 0 N–H and O–H groups in total. The van der Waals surface area contributed by atoms with Crippen molar-refractivity contribution in [3.05, 3.63) is 102 Å². The van der Waals surface area contributed by atoms with Crippen LogP contribution < -0.4 is 0 Å². The highest BCUT2D eigenvalue weighted by Gasteiger charge is 2.15. The highest BCUT2D eigenvalue weighted by molar-refractivity contribution is 5.64. The normalized spacial score (nSPS) is 16.3. The van der Waals surface area contributed by atoms with E-state index in [0.29, 0.717) is 5.92 Å². The maximum atomic E-state index is 2.33. The van der Waals surface area contributed by atoms with Gasteiger partial charge in [-0.1, -0.05) is 91.0 Å². The molecule has 22 heavy (non-hydrogen) atoms. The van der Waals surface area contributed by atoms with Crippen LogP contribution in [-0.4, -0.2) is 0 Å². The first-order chi connectivity index (χ1) is 10.9. The molecule has 0 heteroatoms. The van der Waals surface area contributed by atoms with Crippen molar-refractivity contribution in [3.63, 3.8) is 0 Å². The SMILES string of the molecule is C1=CC(c2ccc(-c3ccccc3)cc2)Cc2ccccc21. The average Bonchev–Trinajstić information content (AvgIpc) is 2.62. The van der Waals surface area contributed by atoms with Crippen molar-refractivity contribution in [2.24, 2.45) is 0 Å². The Morgan fingerprint density at radius 2 is 1.32 bits per heavy atom. The third-order valence-corrected chi connectivity index (χ3v) is 4.45. The zero-order valence-corrected chi connectivity index (χ0v) is 12.4. The molecule has 0 amide bonds. The highest BCUT2D eigenvalue weighted by Crippen LogP contribution is 2.31. The van der Waals surface area contributed by atoms with Gasteiger partial charge in [0.2, 0.25) is 0 Å². The predicted octanol–water partition coefficient (Wildman–Crippen LogP) is 5.71. The van der Waals surface area contributed by atoms with Crippen molar-refractivity contribution in [2.75, 3.05) is 0 Å². The first-order valence-corrected chi connectivity index (χ1v) is 7.82. The molecule has 0 heterocycles. The average molecular weight is 282 g/mol. The minimum Gasteiger partial charge on any atom is -0.0761 e. The second-order valence-electron chi connectivity index (χ2n) is 5.86. The van der Waals surface area contributed by atoms with E-state index in [2.05, 4.69) is 91.0 Å². The van der Waals surface area contributed by atoms with Crippen molar-refractivity contribution >= 4 is 6.08 Å². The van der Waals surface area contributed by atoms with E-state index in [4.69, 9.17) is 0 Å². The Balaban J connectivity index is 1.60. The predicted molar refractivity (Wildman–Crippen MR) is 93.8 cm³/mol. The molecule has 0 saturated heterocycles. The van der Waals surface area contributed by atoms with Gasteiger partial charge < -0.3 is 0 Å². The van der Waals surface area contributed by atoms with E-state index in [1.807, 2.05) is 0 Å². The third-order valence-electron chi connectivity index (χ3n) is 4.45. The molecule has 0 aromatic heterocycles. The molecule has 3 aromatic rings. The lowest BCUT2D eigenvalue weighted by Gasteiger charge is -2.20. The van der Waals surface area contributed by atoms with Gasteiger partial charge in [-0.3, -0.25) is 0 Å². The maximum Gasteiger partial charge on any atom is 0.00619 e. The zero-order valence-electron chi connectivity index (χ0n) is 12.4. The zero-order chi connectivity index (χ0) is 14.8. The molecule has 4 rings (SSSR count). The first-order valence-electron chi connectivity index (χ1n) is 7.82. The summed E-state index contributed by atoms with van der Waals surface area (Å²) in [6, 6.07) is 28.2. The lowest BCUT2D eigenvalue weighted by molar-refractivity contribution is 0.827. The molecule has 0 bridgehead atoms. The molecule has 0 radical (unpaired) electrons. The van der Waals surface area contributed by atoms with E-state index in [1.165, 1.54) is 27.8 Å². The number of hydrogen-bond donors (Lipinski definition) is 0. The van der Waals surface area contributed by atoms with Gasteiger partial charge in [0, 0.05) is 5.92 Å². The number of allylic oxidation sites excluding steroid dienone is 1. The Kier molecular flexibility index (Phi) is 3.36. The van der Waals surface area contributed by atoms with Gasteiger partial charge in [-0.25, -0.2) is 0 Å². The summed E-state index contributed by atoms with van der Waals surface area (Å²) in [5.74, 6) is 0.486. The van der Waals surface area contributed by atoms with Gasteiger partial charge in [0.05, 0.1) is 0 Å². The fraction of sp³-hybridized carbons (Fsp3) is 0.0909. The van der Waals surface area contributed by atoms with E-state index >= 15 is 0 Å². The summed E-state index contributed by atoms with van der Waals surface area (Å²) in [5, 5.41) is 0. The molecule has 0 nitrogen and oxygen atoms in total. The van der Waals surface area contributed by atoms with Crippen LogP contribution in [-0.2, 0) is 6.42 Å². The van der Waals surface area contributed by atoms with Crippen LogP contribution >= 0.6 is 0 Å². The number of hydrogen-bond acceptors (Lipinski definition) is 0. The molecule has 1 atom stereocenters. The summed E-state index contributed by atoms with van der Waals surface area (Å²) in [5.41, 5.74) is 6.76. The van der Waals surface area contributed by atoms with Crippen LogP contribution in [0.2, 0.25) is 0 Å². The van der Waals surface area contributed by atoms with Crippen LogP contribution in [0.3, 0.4) is 0 Å². The van der Waals surface area contributed by atoms with Crippen LogP contribution in [0.15, 0.2) is 84.9 Å². The smallest absolute Gasteiger partial charge is 0.00619 e. The monoisotopic (exact) mass is 282 g/mol. The molecule has 0 spiro atoms. The summed E-state index contributed by atoms with van der Waals surface area (Å²) in [6.07, 6.45) is 5.69. The molecular formula is C22H18. The van der Waals surface area contributed by atoms with Crippen LogP contribution in [0.1, 0.15) is 22.6 Å². The van der Waals surface area contributed by atoms with Crippen molar-refractivity contribution in [3.8, 4) is 11.1 Å². The Bertz CT molecular complexity index is 795. The van der Waals surface area contributed by atoms with E-state index in [1.54, 1.807) is 0 Å². The molecule has 1 aliphatic carbocycles. The van der Waals surface area contributed by atoms with Crippen LogP contribution in [0.5, 0.6) is 0 Å². The van der Waals surface area contributed by atoms with Crippen LogP contribution in [0, 0.1) is 0 Å². The van der Waals surface area contributed by atoms with Crippen molar-refractivity contribution in [1.29, 1.82) is 0 Å². The lowest BCUT2D eigenvalue weighted by atomic mass is 9.85. The van der Waals surface area contributed by atoms with Crippen LogP contribution in [0.4, 0.5) is 0 Å². The van der Waals surface area contributed by atoms with E-state index in [0.717, 1.165) is 6.42 Å². The largest absolute Gasteiger partial charge is 0.0761 e. The van der Waals surface area contributed by atoms with Gasteiger partial charge in [0.1, 0.15) is 0 Å². The summed E-state index contributed by atoms with van der Waals surface area (Å²) >= 11 is 0. The van der Waals surface area contributed by atoms with Crippen molar-refractivity contribution in [2.45, 2.75) is 12.3 Å². The summed E-state index contributed by atoms with van der Waals surface area (Å²) in [7, 11) is 0. The van der Waals surface area contributed by atoms with Gasteiger partial charge in [-0.05, 0) is 34.2 Å². The summed E-state index contributed by atoms with van der Waals surface area (Å²) in [4.78, 5) is 0. The third kappa shape index (κ3) is 2.48. The Morgan fingerprint density at radius 1 is 0.636 bits per heavy atom. The molecule has 0 aliphatic heterocycles. The Hall–Kier alpha value is -2.60. The first kappa shape index (κ1) is 13.1. The van der Waals surface area contributed by atoms with Crippen molar-refractivity contribution in [1.82, 2.24) is 0 Å². The number of fused-ring (bicyclic) bond motifs is 1. The second-order valence-corrected chi connectivity index (χ2v) is 5.86. The fourth-order valence-electron chi connectivity index (χ4n) is 3.19. The minimum atomic E-state index is 0.486. The van der Waals surface area contributed by atoms with Crippen molar-refractivity contribution < 1.29 is 0 Å². The molecule has 0 fully saturated rings. The highest BCUT2D eigenvalue weighted by atomic mass is 14.2. The lowest BCUT2D eigenvalue weighted by Crippen LogP contribution is -2.05. The second kappa shape index (κ2) is 5.65. The van der Waals surface area contributed by atoms with Gasteiger partial charge in [0.15, 0.2) is 0 Å². The van der Waals surface area contributed by atoms with E-state index in [9.17, 15) is 0 Å². The summed E-state index contributed by atoms with van der Waals surface area (Å²) < 4.78 is 0. The molecule has 1 unspecified atom stereocenters.